The molecule has 0 atom stereocenters. The van der Waals surface area contributed by atoms with Gasteiger partial charge in [0.1, 0.15) is 12.1 Å². The van der Waals surface area contributed by atoms with Gasteiger partial charge in [-0.1, -0.05) is 6.08 Å². The van der Waals surface area contributed by atoms with E-state index in [0.717, 1.165) is 0 Å². The van der Waals surface area contributed by atoms with Crippen LogP contribution in [0, 0.1) is 10.1 Å². The monoisotopic (exact) mass is 274 g/mol. The average molecular weight is 274 g/mol. The van der Waals surface area contributed by atoms with E-state index in [1.165, 1.54) is 18.5 Å². The standard InChI is InChI=1S/C13H14N4O3/c1-2-5-16(6-7-18)13-11-8-10(17(19)20)3-4-12(11)14-9-15-13/h2-4,8-9,18H,1,5-7H2. The van der Waals surface area contributed by atoms with Crippen molar-refractivity contribution in [3.05, 3.63) is 47.3 Å². The van der Waals surface area contributed by atoms with Crippen LogP contribution in [0.4, 0.5) is 11.5 Å². The van der Waals surface area contributed by atoms with Crippen molar-refractivity contribution in [1.82, 2.24) is 9.97 Å². The first-order chi connectivity index (χ1) is 9.67. The van der Waals surface area contributed by atoms with Crippen LogP contribution in [-0.2, 0) is 0 Å². The molecular weight excluding hydrogens is 260 g/mol. The predicted octanol–water partition coefficient (Wildman–Crippen LogP) is 1.52. The Labute approximate surface area is 115 Å². The fraction of sp³-hybridized carbons (Fsp3) is 0.231. The van der Waals surface area contributed by atoms with Crippen LogP contribution in [0.15, 0.2) is 37.2 Å². The highest BCUT2D eigenvalue weighted by Gasteiger charge is 2.14. The maximum absolute atomic E-state index is 10.9. The van der Waals surface area contributed by atoms with E-state index in [1.54, 1.807) is 17.0 Å². The Morgan fingerprint density at radius 3 is 2.90 bits per heavy atom. The molecule has 0 aliphatic carbocycles. The number of benzene rings is 1. The van der Waals surface area contributed by atoms with Crippen LogP contribution in [0.2, 0.25) is 0 Å². The normalized spacial score (nSPS) is 10.4. The van der Waals surface area contributed by atoms with Crippen molar-refractivity contribution in [1.29, 1.82) is 0 Å². The van der Waals surface area contributed by atoms with Gasteiger partial charge >= 0.3 is 0 Å². The summed E-state index contributed by atoms with van der Waals surface area (Å²) in [5.74, 6) is 0.549. The van der Waals surface area contributed by atoms with Gasteiger partial charge in [-0.15, -0.1) is 6.58 Å². The van der Waals surface area contributed by atoms with Gasteiger partial charge in [0.05, 0.1) is 17.0 Å². The van der Waals surface area contributed by atoms with Gasteiger partial charge in [0.2, 0.25) is 0 Å². The molecule has 0 amide bonds. The topological polar surface area (TPSA) is 92.4 Å². The van der Waals surface area contributed by atoms with E-state index in [9.17, 15) is 10.1 Å². The quantitative estimate of drug-likeness (QED) is 0.488. The molecule has 0 fully saturated rings. The number of aliphatic hydroxyl groups excluding tert-OH is 1. The molecule has 7 heteroatoms. The summed E-state index contributed by atoms with van der Waals surface area (Å²) >= 11 is 0. The Bertz CT molecular complexity index is 645. The van der Waals surface area contributed by atoms with E-state index in [-0.39, 0.29) is 12.3 Å². The molecular formula is C13H14N4O3. The molecule has 0 aliphatic heterocycles. The first kappa shape index (κ1) is 13.9. The van der Waals surface area contributed by atoms with E-state index >= 15 is 0 Å². The van der Waals surface area contributed by atoms with Crippen molar-refractivity contribution in [2.75, 3.05) is 24.6 Å². The Morgan fingerprint density at radius 1 is 1.45 bits per heavy atom. The maximum Gasteiger partial charge on any atom is 0.270 e. The lowest BCUT2D eigenvalue weighted by Crippen LogP contribution is -2.27. The minimum atomic E-state index is -0.458. The van der Waals surface area contributed by atoms with Crippen molar-refractivity contribution < 1.29 is 10.0 Å². The first-order valence-corrected chi connectivity index (χ1v) is 6.03. The van der Waals surface area contributed by atoms with Gasteiger partial charge in [-0.25, -0.2) is 9.97 Å². The SMILES string of the molecule is C=CCN(CCO)c1ncnc2ccc([N+](=O)[O-])cc12. The van der Waals surface area contributed by atoms with Gasteiger partial charge in [-0.2, -0.15) is 0 Å². The van der Waals surface area contributed by atoms with Crippen LogP contribution in [0.25, 0.3) is 10.9 Å². The van der Waals surface area contributed by atoms with Gasteiger partial charge < -0.3 is 10.0 Å². The predicted molar refractivity (Wildman–Crippen MR) is 75.7 cm³/mol. The average Bonchev–Trinajstić information content (AvgIpc) is 2.46. The third kappa shape index (κ3) is 2.72. The Morgan fingerprint density at radius 2 is 2.25 bits per heavy atom. The molecule has 0 unspecified atom stereocenters. The highest BCUT2D eigenvalue weighted by atomic mass is 16.6. The molecule has 0 saturated carbocycles. The van der Waals surface area contributed by atoms with E-state index in [0.29, 0.717) is 29.8 Å². The van der Waals surface area contributed by atoms with Crippen molar-refractivity contribution in [3.8, 4) is 0 Å². The van der Waals surface area contributed by atoms with Crippen LogP contribution in [0.1, 0.15) is 0 Å². The molecule has 1 N–H and O–H groups in total. The smallest absolute Gasteiger partial charge is 0.270 e. The summed E-state index contributed by atoms with van der Waals surface area (Å²) < 4.78 is 0. The largest absolute Gasteiger partial charge is 0.395 e. The van der Waals surface area contributed by atoms with Crippen molar-refractivity contribution in [3.63, 3.8) is 0 Å². The second kappa shape index (κ2) is 6.07. The summed E-state index contributed by atoms with van der Waals surface area (Å²) in [7, 11) is 0. The zero-order valence-electron chi connectivity index (χ0n) is 10.8. The van der Waals surface area contributed by atoms with Gasteiger partial charge in [-0.3, -0.25) is 10.1 Å². The fourth-order valence-electron chi connectivity index (χ4n) is 1.96. The second-order valence-electron chi connectivity index (χ2n) is 4.11. The number of hydrogen-bond donors (Lipinski definition) is 1. The number of nitrogens with zero attached hydrogens (tertiary/aromatic N) is 4. The number of aliphatic hydroxyl groups is 1. The number of nitro benzene ring substituents is 1. The van der Waals surface area contributed by atoms with E-state index < -0.39 is 4.92 Å². The van der Waals surface area contributed by atoms with Crippen LogP contribution in [0.3, 0.4) is 0 Å². The number of rotatable bonds is 6. The van der Waals surface area contributed by atoms with Crippen molar-refractivity contribution in [2.24, 2.45) is 0 Å². The second-order valence-corrected chi connectivity index (χ2v) is 4.11. The number of anilines is 1. The lowest BCUT2D eigenvalue weighted by Gasteiger charge is -2.22. The Balaban J connectivity index is 2.58. The van der Waals surface area contributed by atoms with Gasteiger partial charge in [-0.05, 0) is 6.07 Å². The van der Waals surface area contributed by atoms with Crippen molar-refractivity contribution in [2.45, 2.75) is 0 Å². The molecule has 0 radical (unpaired) electrons. The third-order valence-corrected chi connectivity index (χ3v) is 2.83. The maximum atomic E-state index is 10.9. The number of hydrogen-bond acceptors (Lipinski definition) is 6. The van der Waals surface area contributed by atoms with Gasteiger partial charge in [0.25, 0.3) is 5.69 Å². The van der Waals surface area contributed by atoms with Gasteiger partial charge in [0, 0.05) is 30.6 Å². The molecule has 0 spiro atoms. The molecule has 1 heterocycles. The van der Waals surface area contributed by atoms with E-state index in [4.69, 9.17) is 5.11 Å². The van der Waals surface area contributed by atoms with Crippen LogP contribution in [-0.4, -0.2) is 39.7 Å². The van der Waals surface area contributed by atoms with Crippen LogP contribution in [0.5, 0.6) is 0 Å². The van der Waals surface area contributed by atoms with Crippen LogP contribution < -0.4 is 4.90 Å². The zero-order chi connectivity index (χ0) is 14.5. The third-order valence-electron chi connectivity index (χ3n) is 2.83. The summed E-state index contributed by atoms with van der Waals surface area (Å²) in [5, 5.41) is 20.6. The molecule has 0 bridgehead atoms. The number of aromatic nitrogens is 2. The molecule has 104 valence electrons. The number of fused-ring (bicyclic) bond motifs is 1. The molecule has 1 aromatic carbocycles. The highest BCUT2D eigenvalue weighted by molar-refractivity contribution is 5.91. The van der Waals surface area contributed by atoms with Gasteiger partial charge in [0.15, 0.2) is 0 Å². The fourth-order valence-corrected chi connectivity index (χ4v) is 1.96. The first-order valence-electron chi connectivity index (χ1n) is 6.03. The summed E-state index contributed by atoms with van der Waals surface area (Å²) in [6, 6.07) is 4.44. The van der Waals surface area contributed by atoms with E-state index in [2.05, 4.69) is 16.5 Å². The molecule has 2 aromatic rings. The summed E-state index contributed by atoms with van der Waals surface area (Å²) in [4.78, 5) is 20.5. The molecule has 0 saturated heterocycles. The summed E-state index contributed by atoms with van der Waals surface area (Å²) in [5.41, 5.74) is 0.601. The minimum Gasteiger partial charge on any atom is -0.395 e. The van der Waals surface area contributed by atoms with Crippen molar-refractivity contribution >= 4 is 22.4 Å². The minimum absolute atomic E-state index is 0.0175. The number of non-ortho nitro benzene ring substituents is 1. The molecule has 7 nitrogen and oxygen atoms in total. The Hall–Kier alpha value is -2.54. The zero-order valence-corrected chi connectivity index (χ0v) is 10.8. The molecule has 0 aliphatic rings. The highest BCUT2D eigenvalue weighted by Crippen LogP contribution is 2.26. The number of nitro groups is 1. The van der Waals surface area contributed by atoms with Crippen LogP contribution >= 0.6 is 0 Å². The van der Waals surface area contributed by atoms with E-state index in [1.807, 2.05) is 0 Å². The lowest BCUT2D eigenvalue weighted by atomic mass is 10.2. The molecule has 20 heavy (non-hydrogen) atoms. The summed E-state index contributed by atoms with van der Waals surface area (Å²) in [6.45, 7) is 4.46. The lowest BCUT2D eigenvalue weighted by molar-refractivity contribution is -0.384. The molecule has 2 rings (SSSR count). The molecule has 1 aromatic heterocycles. The Kier molecular flexibility index (Phi) is 4.21. The summed E-state index contributed by atoms with van der Waals surface area (Å²) in [6.07, 6.45) is 3.08.